The molecule has 1 N–H and O–H groups in total. The van der Waals surface area contributed by atoms with Crippen molar-refractivity contribution in [3.63, 3.8) is 0 Å². The first-order chi connectivity index (χ1) is 10.0. The van der Waals surface area contributed by atoms with Gasteiger partial charge in [-0.3, -0.25) is 4.90 Å². The van der Waals surface area contributed by atoms with Gasteiger partial charge in [-0.15, -0.1) is 0 Å². The van der Waals surface area contributed by atoms with Crippen molar-refractivity contribution in [2.45, 2.75) is 26.4 Å². The van der Waals surface area contributed by atoms with Gasteiger partial charge in [0.1, 0.15) is 10.9 Å². The van der Waals surface area contributed by atoms with E-state index in [0.717, 1.165) is 22.2 Å². The second-order valence-corrected chi connectivity index (χ2v) is 5.64. The third-order valence-electron chi connectivity index (χ3n) is 3.54. The normalized spacial score (nSPS) is 11.6. The predicted molar refractivity (Wildman–Crippen MR) is 85.9 cm³/mol. The van der Waals surface area contributed by atoms with Crippen LogP contribution in [0.2, 0.25) is 5.15 Å². The van der Waals surface area contributed by atoms with Gasteiger partial charge < -0.3 is 9.84 Å². The smallest absolute Gasteiger partial charge is 0.134 e. The lowest BCUT2D eigenvalue weighted by atomic mass is 10.1. The van der Waals surface area contributed by atoms with E-state index in [1.165, 1.54) is 0 Å². The van der Waals surface area contributed by atoms with Crippen LogP contribution in [0.15, 0.2) is 24.3 Å². The van der Waals surface area contributed by atoms with Gasteiger partial charge in [0.25, 0.3) is 0 Å². The SMILES string of the molecule is COc1ccc2cc(CN(CCO)C(C)C)c(Cl)nc2c1. The number of pyridine rings is 1. The molecule has 1 heterocycles. The minimum atomic E-state index is 0.133. The van der Waals surface area contributed by atoms with Crippen LogP contribution in [0.5, 0.6) is 5.75 Å². The molecule has 0 bridgehead atoms. The number of methoxy groups -OCH3 is 1. The standard InChI is InChI=1S/C16H21ClN2O2/c1-11(2)19(6-7-20)10-13-8-12-4-5-14(21-3)9-15(12)18-16(13)17/h4-5,8-9,11,20H,6-7,10H2,1-3H3. The third kappa shape index (κ3) is 3.84. The monoisotopic (exact) mass is 308 g/mol. The fraction of sp³-hybridized carbons (Fsp3) is 0.438. The van der Waals surface area contributed by atoms with Crippen LogP contribution in [-0.4, -0.2) is 41.3 Å². The zero-order chi connectivity index (χ0) is 15.4. The molecule has 2 rings (SSSR count). The maximum absolute atomic E-state index is 9.16. The number of hydrogen-bond acceptors (Lipinski definition) is 4. The number of aliphatic hydroxyl groups excluding tert-OH is 1. The number of benzene rings is 1. The molecule has 0 amide bonds. The Hall–Kier alpha value is -1.36. The molecule has 0 spiro atoms. The molecule has 1 aromatic carbocycles. The van der Waals surface area contributed by atoms with Crippen molar-refractivity contribution in [1.29, 1.82) is 0 Å². The molecular weight excluding hydrogens is 288 g/mol. The summed E-state index contributed by atoms with van der Waals surface area (Å²) in [5.41, 5.74) is 1.79. The zero-order valence-corrected chi connectivity index (χ0v) is 13.4. The second-order valence-electron chi connectivity index (χ2n) is 5.28. The highest BCUT2D eigenvalue weighted by molar-refractivity contribution is 6.30. The first kappa shape index (κ1) is 16.0. The molecule has 2 aromatic rings. The van der Waals surface area contributed by atoms with Crippen LogP contribution in [-0.2, 0) is 6.54 Å². The van der Waals surface area contributed by atoms with Crippen molar-refractivity contribution in [3.05, 3.63) is 35.0 Å². The summed E-state index contributed by atoms with van der Waals surface area (Å²) in [5, 5.41) is 10.7. The van der Waals surface area contributed by atoms with Gasteiger partial charge in [-0.05, 0) is 32.0 Å². The molecule has 0 radical (unpaired) electrons. The molecule has 0 fully saturated rings. The van der Waals surface area contributed by atoms with Crippen LogP contribution in [0.1, 0.15) is 19.4 Å². The fourth-order valence-corrected chi connectivity index (χ4v) is 2.48. The number of rotatable bonds is 6. The predicted octanol–water partition coefficient (Wildman–Crippen LogP) is 3.10. The van der Waals surface area contributed by atoms with E-state index in [1.807, 2.05) is 18.2 Å². The van der Waals surface area contributed by atoms with Gasteiger partial charge in [0, 0.05) is 36.1 Å². The molecule has 0 saturated carbocycles. The van der Waals surface area contributed by atoms with Crippen LogP contribution in [0.4, 0.5) is 0 Å². The summed E-state index contributed by atoms with van der Waals surface area (Å²) in [4.78, 5) is 6.62. The quantitative estimate of drug-likeness (QED) is 0.833. The largest absolute Gasteiger partial charge is 0.497 e. The second kappa shape index (κ2) is 7.07. The average Bonchev–Trinajstić information content (AvgIpc) is 2.46. The topological polar surface area (TPSA) is 45.6 Å². The Morgan fingerprint density at radius 2 is 2.10 bits per heavy atom. The number of fused-ring (bicyclic) bond motifs is 1. The molecule has 0 atom stereocenters. The molecule has 0 aliphatic heterocycles. The van der Waals surface area contributed by atoms with Gasteiger partial charge in [0.15, 0.2) is 0 Å². The Morgan fingerprint density at radius 1 is 1.33 bits per heavy atom. The summed E-state index contributed by atoms with van der Waals surface area (Å²) in [7, 11) is 1.63. The molecule has 0 aliphatic carbocycles. The molecular formula is C16H21ClN2O2. The number of aliphatic hydroxyl groups is 1. The Morgan fingerprint density at radius 3 is 2.71 bits per heavy atom. The van der Waals surface area contributed by atoms with E-state index in [1.54, 1.807) is 7.11 Å². The van der Waals surface area contributed by atoms with E-state index in [4.69, 9.17) is 21.4 Å². The average molecular weight is 309 g/mol. The summed E-state index contributed by atoms with van der Waals surface area (Å²) in [6.07, 6.45) is 0. The molecule has 114 valence electrons. The summed E-state index contributed by atoms with van der Waals surface area (Å²) in [6.45, 7) is 5.63. The van der Waals surface area contributed by atoms with Gasteiger partial charge in [-0.2, -0.15) is 0 Å². The molecule has 0 unspecified atom stereocenters. The number of aromatic nitrogens is 1. The summed E-state index contributed by atoms with van der Waals surface area (Å²) >= 11 is 6.31. The van der Waals surface area contributed by atoms with Crippen molar-refractivity contribution in [3.8, 4) is 5.75 Å². The van der Waals surface area contributed by atoms with Crippen LogP contribution in [0.25, 0.3) is 10.9 Å². The Kier molecular flexibility index (Phi) is 5.39. The maximum atomic E-state index is 9.16. The number of ether oxygens (including phenoxy) is 1. The number of nitrogens with zero attached hydrogens (tertiary/aromatic N) is 2. The maximum Gasteiger partial charge on any atom is 0.134 e. The number of hydrogen-bond donors (Lipinski definition) is 1. The molecule has 5 heteroatoms. The molecule has 4 nitrogen and oxygen atoms in total. The first-order valence-electron chi connectivity index (χ1n) is 7.03. The van der Waals surface area contributed by atoms with Crippen molar-refractivity contribution in [2.75, 3.05) is 20.3 Å². The molecule has 0 aliphatic rings. The van der Waals surface area contributed by atoms with E-state index < -0.39 is 0 Å². The number of halogens is 1. The minimum Gasteiger partial charge on any atom is -0.497 e. The lowest BCUT2D eigenvalue weighted by molar-refractivity contribution is 0.159. The summed E-state index contributed by atoms with van der Waals surface area (Å²) in [5.74, 6) is 0.767. The van der Waals surface area contributed by atoms with Crippen LogP contribution < -0.4 is 4.74 Å². The van der Waals surface area contributed by atoms with Crippen LogP contribution >= 0.6 is 11.6 Å². The summed E-state index contributed by atoms with van der Waals surface area (Å²) in [6, 6.07) is 8.15. The molecule has 21 heavy (non-hydrogen) atoms. The first-order valence-corrected chi connectivity index (χ1v) is 7.41. The lowest BCUT2D eigenvalue weighted by Gasteiger charge is -2.26. The van der Waals surface area contributed by atoms with E-state index >= 15 is 0 Å². The van der Waals surface area contributed by atoms with E-state index in [0.29, 0.717) is 24.3 Å². The highest BCUT2D eigenvalue weighted by atomic mass is 35.5. The van der Waals surface area contributed by atoms with Crippen LogP contribution in [0.3, 0.4) is 0 Å². The summed E-state index contributed by atoms with van der Waals surface area (Å²) < 4.78 is 5.20. The molecule has 0 saturated heterocycles. The lowest BCUT2D eigenvalue weighted by Crippen LogP contribution is -2.33. The van der Waals surface area contributed by atoms with Crippen molar-refractivity contribution in [2.24, 2.45) is 0 Å². The highest BCUT2D eigenvalue weighted by Crippen LogP contribution is 2.25. The van der Waals surface area contributed by atoms with E-state index in [-0.39, 0.29) is 6.61 Å². The third-order valence-corrected chi connectivity index (χ3v) is 3.87. The van der Waals surface area contributed by atoms with Gasteiger partial charge in [0.2, 0.25) is 0 Å². The fourth-order valence-electron chi connectivity index (χ4n) is 2.27. The zero-order valence-electron chi connectivity index (χ0n) is 12.6. The Bertz CT molecular complexity index is 616. The van der Waals surface area contributed by atoms with E-state index in [2.05, 4.69) is 29.8 Å². The van der Waals surface area contributed by atoms with Gasteiger partial charge >= 0.3 is 0 Å². The van der Waals surface area contributed by atoms with E-state index in [9.17, 15) is 0 Å². The van der Waals surface area contributed by atoms with Crippen LogP contribution in [0, 0.1) is 0 Å². The van der Waals surface area contributed by atoms with Crippen molar-refractivity contribution < 1.29 is 9.84 Å². The van der Waals surface area contributed by atoms with Crippen molar-refractivity contribution >= 4 is 22.5 Å². The van der Waals surface area contributed by atoms with Gasteiger partial charge in [-0.1, -0.05) is 11.6 Å². The minimum absolute atomic E-state index is 0.133. The molecule has 1 aromatic heterocycles. The van der Waals surface area contributed by atoms with Gasteiger partial charge in [-0.25, -0.2) is 4.98 Å². The van der Waals surface area contributed by atoms with Crippen molar-refractivity contribution in [1.82, 2.24) is 9.88 Å². The highest BCUT2D eigenvalue weighted by Gasteiger charge is 2.13. The Balaban J connectivity index is 2.33. The Labute approximate surface area is 130 Å². The van der Waals surface area contributed by atoms with Gasteiger partial charge in [0.05, 0.1) is 19.2 Å².